The Morgan fingerprint density at radius 3 is 2.29 bits per heavy atom. The molecule has 0 atom stereocenters. The Labute approximate surface area is 133 Å². The number of hydrogen-bond acceptors (Lipinski definition) is 3. The zero-order chi connectivity index (χ0) is 18.0. The van der Waals surface area contributed by atoms with Crippen LogP contribution in [0.1, 0.15) is 0 Å². The van der Waals surface area contributed by atoms with Crippen LogP contribution in [-0.2, 0) is 10.0 Å². The standard InChI is InChI=1S/C14H10F5NO3S/c15-9-2-1-3-11(6-9)24(21,22)20-12-7-10(16)4-5-13(12)23-8-14(17,18)19/h1-7,20H,8H2. The molecule has 2 aromatic carbocycles. The van der Waals surface area contributed by atoms with E-state index in [1.165, 1.54) is 0 Å². The average molecular weight is 367 g/mol. The molecule has 0 aliphatic rings. The first-order valence-electron chi connectivity index (χ1n) is 6.34. The molecule has 0 aliphatic heterocycles. The summed E-state index contributed by atoms with van der Waals surface area (Å²) in [6.07, 6.45) is -4.66. The van der Waals surface area contributed by atoms with E-state index in [9.17, 15) is 30.4 Å². The molecule has 0 unspecified atom stereocenters. The molecule has 2 aromatic rings. The van der Waals surface area contributed by atoms with Crippen molar-refractivity contribution >= 4 is 15.7 Å². The molecule has 0 radical (unpaired) electrons. The highest BCUT2D eigenvalue weighted by Crippen LogP contribution is 2.29. The van der Waals surface area contributed by atoms with Crippen LogP contribution < -0.4 is 9.46 Å². The molecule has 2 rings (SSSR count). The minimum Gasteiger partial charge on any atom is -0.482 e. The molecular formula is C14H10F5NO3S. The fourth-order valence-corrected chi connectivity index (χ4v) is 2.80. The number of benzene rings is 2. The average Bonchev–Trinajstić information content (AvgIpc) is 2.45. The van der Waals surface area contributed by atoms with E-state index in [1.807, 2.05) is 4.72 Å². The summed E-state index contributed by atoms with van der Waals surface area (Å²) >= 11 is 0. The Morgan fingerprint density at radius 1 is 1.00 bits per heavy atom. The molecule has 10 heteroatoms. The molecule has 0 spiro atoms. The lowest BCUT2D eigenvalue weighted by molar-refractivity contribution is -0.153. The van der Waals surface area contributed by atoms with Crippen LogP contribution in [0.4, 0.5) is 27.6 Å². The van der Waals surface area contributed by atoms with Crippen LogP contribution in [0.3, 0.4) is 0 Å². The summed E-state index contributed by atoms with van der Waals surface area (Å²) < 4.78 is 93.7. The molecule has 0 heterocycles. The van der Waals surface area contributed by atoms with Gasteiger partial charge in [-0.15, -0.1) is 0 Å². The first kappa shape index (κ1) is 18.0. The zero-order valence-corrected chi connectivity index (χ0v) is 12.6. The lowest BCUT2D eigenvalue weighted by Gasteiger charge is -2.15. The van der Waals surface area contributed by atoms with E-state index in [2.05, 4.69) is 4.74 Å². The van der Waals surface area contributed by atoms with Gasteiger partial charge in [0.05, 0.1) is 10.6 Å². The Morgan fingerprint density at radius 2 is 1.67 bits per heavy atom. The van der Waals surface area contributed by atoms with Gasteiger partial charge in [-0.2, -0.15) is 13.2 Å². The normalized spacial score (nSPS) is 12.0. The third-order valence-corrected chi connectivity index (χ3v) is 4.05. The fraction of sp³-hybridized carbons (Fsp3) is 0.143. The molecule has 0 aromatic heterocycles. The third kappa shape index (κ3) is 4.82. The lowest BCUT2D eigenvalue weighted by atomic mass is 10.3. The molecule has 24 heavy (non-hydrogen) atoms. The maximum Gasteiger partial charge on any atom is 0.422 e. The van der Waals surface area contributed by atoms with Crippen LogP contribution in [0.15, 0.2) is 47.4 Å². The number of nitrogens with one attached hydrogen (secondary N) is 1. The minimum atomic E-state index is -4.66. The van der Waals surface area contributed by atoms with Crippen molar-refractivity contribution in [3.8, 4) is 5.75 Å². The summed E-state index contributed by atoms with van der Waals surface area (Å²) in [5.41, 5.74) is -0.538. The van der Waals surface area contributed by atoms with Crippen molar-refractivity contribution in [3.63, 3.8) is 0 Å². The van der Waals surface area contributed by atoms with Crippen molar-refractivity contribution in [1.29, 1.82) is 0 Å². The van der Waals surface area contributed by atoms with Crippen LogP contribution in [0.2, 0.25) is 0 Å². The Hall–Kier alpha value is -2.36. The van der Waals surface area contributed by atoms with Gasteiger partial charge in [0, 0.05) is 6.07 Å². The van der Waals surface area contributed by atoms with Gasteiger partial charge in [0.15, 0.2) is 6.61 Å². The van der Waals surface area contributed by atoms with Crippen molar-refractivity contribution < 1.29 is 35.1 Å². The Balaban J connectivity index is 2.32. The highest BCUT2D eigenvalue weighted by Gasteiger charge is 2.29. The van der Waals surface area contributed by atoms with Crippen molar-refractivity contribution in [2.24, 2.45) is 0 Å². The number of hydrogen-bond donors (Lipinski definition) is 1. The molecule has 1 N–H and O–H groups in total. The van der Waals surface area contributed by atoms with Gasteiger partial charge in [0.25, 0.3) is 10.0 Å². The third-order valence-electron chi connectivity index (χ3n) is 2.68. The number of sulfonamides is 1. The summed E-state index contributed by atoms with van der Waals surface area (Å²) in [4.78, 5) is -0.478. The molecule has 0 aliphatic carbocycles. The minimum absolute atomic E-state index is 0.478. The van der Waals surface area contributed by atoms with Gasteiger partial charge in [-0.05, 0) is 30.3 Å². The maximum absolute atomic E-state index is 13.3. The van der Waals surface area contributed by atoms with E-state index in [-0.39, 0.29) is 0 Å². The SMILES string of the molecule is O=S(=O)(Nc1cc(F)ccc1OCC(F)(F)F)c1cccc(F)c1. The molecule has 0 fully saturated rings. The van der Waals surface area contributed by atoms with Gasteiger partial charge in [-0.25, -0.2) is 17.2 Å². The highest BCUT2D eigenvalue weighted by atomic mass is 32.2. The lowest BCUT2D eigenvalue weighted by Crippen LogP contribution is -2.20. The van der Waals surface area contributed by atoms with Gasteiger partial charge in [-0.1, -0.05) is 6.07 Å². The van der Waals surface area contributed by atoms with E-state index in [0.717, 1.165) is 30.3 Å². The van der Waals surface area contributed by atoms with Crippen LogP contribution in [-0.4, -0.2) is 21.2 Å². The molecular weight excluding hydrogens is 357 g/mol. The molecule has 0 bridgehead atoms. The van der Waals surface area contributed by atoms with Crippen molar-refractivity contribution in [2.75, 3.05) is 11.3 Å². The predicted octanol–water partition coefficient (Wildman–Crippen LogP) is 3.71. The fourth-order valence-electron chi connectivity index (χ4n) is 1.71. The van der Waals surface area contributed by atoms with Gasteiger partial charge in [0.1, 0.15) is 17.4 Å². The molecule has 130 valence electrons. The summed E-state index contributed by atoms with van der Waals surface area (Å²) in [5.74, 6) is -2.24. The molecule has 4 nitrogen and oxygen atoms in total. The smallest absolute Gasteiger partial charge is 0.422 e. The number of anilines is 1. The first-order valence-corrected chi connectivity index (χ1v) is 7.83. The second-order valence-electron chi connectivity index (χ2n) is 4.61. The predicted molar refractivity (Wildman–Crippen MR) is 75.2 cm³/mol. The van der Waals surface area contributed by atoms with Crippen molar-refractivity contribution in [2.45, 2.75) is 11.1 Å². The molecule has 0 saturated heterocycles. The summed E-state index contributed by atoms with van der Waals surface area (Å²) in [6, 6.07) is 6.24. The Bertz CT molecular complexity index is 837. The molecule has 0 saturated carbocycles. The quantitative estimate of drug-likeness (QED) is 0.820. The van der Waals surface area contributed by atoms with Gasteiger partial charge in [-0.3, -0.25) is 4.72 Å². The van der Waals surface area contributed by atoms with Crippen LogP contribution >= 0.6 is 0 Å². The van der Waals surface area contributed by atoms with Gasteiger partial charge >= 0.3 is 6.18 Å². The number of alkyl halides is 3. The van der Waals surface area contributed by atoms with Crippen molar-refractivity contribution in [3.05, 3.63) is 54.1 Å². The number of rotatable bonds is 5. The van der Waals surface area contributed by atoms with E-state index in [1.54, 1.807) is 0 Å². The summed E-state index contributed by atoms with van der Waals surface area (Å²) in [5, 5.41) is 0. The van der Waals surface area contributed by atoms with E-state index in [4.69, 9.17) is 0 Å². The first-order chi connectivity index (χ1) is 11.1. The van der Waals surface area contributed by atoms with E-state index in [0.29, 0.717) is 12.1 Å². The number of halogens is 5. The Kier molecular flexibility index (Phi) is 4.97. The van der Waals surface area contributed by atoms with Crippen LogP contribution in [0.5, 0.6) is 5.75 Å². The maximum atomic E-state index is 13.3. The monoisotopic (exact) mass is 367 g/mol. The second-order valence-corrected chi connectivity index (χ2v) is 6.29. The van der Waals surface area contributed by atoms with E-state index >= 15 is 0 Å². The second kappa shape index (κ2) is 6.63. The molecule has 0 amide bonds. The zero-order valence-electron chi connectivity index (χ0n) is 11.8. The van der Waals surface area contributed by atoms with Gasteiger partial charge < -0.3 is 4.74 Å². The largest absolute Gasteiger partial charge is 0.482 e. The van der Waals surface area contributed by atoms with Crippen LogP contribution in [0, 0.1) is 11.6 Å². The van der Waals surface area contributed by atoms with Crippen molar-refractivity contribution in [1.82, 2.24) is 0 Å². The van der Waals surface area contributed by atoms with E-state index < -0.39 is 50.8 Å². The summed E-state index contributed by atoms with van der Waals surface area (Å²) in [7, 11) is -4.35. The van der Waals surface area contributed by atoms with Crippen LogP contribution in [0.25, 0.3) is 0 Å². The van der Waals surface area contributed by atoms with Gasteiger partial charge in [0.2, 0.25) is 0 Å². The number of ether oxygens (including phenoxy) is 1. The topological polar surface area (TPSA) is 55.4 Å². The summed E-state index contributed by atoms with van der Waals surface area (Å²) in [6.45, 7) is -1.69. The highest BCUT2D eigenvalue weighted by molar-refractivity contribution is 7.92.